The Morgan fingerprint density at radius 2 is 2.25 bits per heavy atom. The highest BCUT2D eigenvalue weighted by atomic mass is 127. The van der Waals surface area contributed by atoms with E-state index in [-0.39, 0.29) is 6.04 Å². The van der Waals surface area contributed by atoms with Crippen molar-refractivity contribution < 1.29 is 0 Å². The van der Waals surface area contributed by atoms with E-state index in [1.54, 1.807) is 6.33 Å². The Balaban J connectivity index is 2.19. The van der Waals surface area contributed by atoms with E-state index in [1.807, 2.05) is 23.9 Å². The molecule has 1 aromatic carbocycles. The third-order valence-electron chi connectivity index (χ3n) is 3.21. The molecule has 1 heterocycles. The molecule has 0 fully saturated rings. The number of aromatic nitrogens is 3. The van der Waals surface area contributed by atoms with Crippen LogP contribution in [0.2, 0.25) is 5.02 Å². The summed E-state index contributed by atoms with van der Waals surface area (Å²) in [5.41, 5.74) is 1.17. The molecule has 0 aliphatic heterocycles. The smallest absolute Gasteiger partial charge is 0.138 e. The van der Waals surface area contributed by atoms with E-state index in [1.165, 1.54) is 5.56 Å². The molecule has 0 saturated carbocycles. The number of rotatable bonds is 6. The van der Waals surface area contributed by atoms with Crippen molar-refractivity contribution in [3.05, 3.63) is 44.5 Å². The summed E-state index contributed by atoms with van der Waals surface area (Å²) in [4.78, 5) is 4.37. The summed E-state index contributed by atoms with van der Waals surface area (Å²) in [6.45, 7) is 3.04. The van der Waals surface area contributed by atoms with E-state index in [2.05, 4.69) is 51.0 Å². The van der Waals surface area contributed by atoms with Crippen molar-refractivity contribution >= 4 is 34.2 Å². The maximum atomic E-state index is 6.21. The molecule has 108 valence electrons. The van der Waals surface area contributed by atoms with Crippen LogP contribution in [0.1, 0.15) is 30.8 Å². The lowest BCUT2D eigenvalue weighted by atomic mass is 10.0. The van der Waals surface area contributed by atoms with Crippen LogP contribution in [0.15, 0.2) is 24.5 Å². The number of likely N-dealkylation sites (N-methyl/N-ethyl adjacent to an activating group) is 1. The highest BCUT2D eigenvalue weighted by Gasteiger charge is 2.15. The first kappa shape index (κ1) is 15.7. The predicted molar refractivity (Wildman–Crippen MR) is 90.0 cm³/mol. The van der Waals surface area contributed by atoms with Crippen LogP contribution in [0, 0.1) is 3.57 Å². The Hall–Kier alpha value is -0.660. The fraction of sp³-hybridized carbons (Fsp3) is 0.429. The first-order chi connectivity index (χ1) is 9.65. The molecule has 1 atom stereocenters. The SMILES string of the molecule is CCCn1ncnc1CC(NC)c1ccc(I)c(Cl)c1. The van der Waals surface area contributed by atoms with Crippen molar-refractivity contribution in [2.24, 2.45) is 0 Å². The molecule has 6 heteroatoms. The monoisotopic (exact) mass is 404 g/mol. The zero-order valence-corrected chi connectivity index (χ0v) is 14.5. The molecule has 2 aromatic rings. The molecule has 0 saturated heterocycles. The number of aryl methyl sites for hydroxylation is 1. The van der Waals surface area contributed by atoms with Crippen molar-refractivity contribution in [1.29, 1.82) is 0 Å². The summed E-state index contributed by atoms with van der Waals surface area (Å²) in [6, 6.07) is 6.35. The molecule has 0 amide bonds. The van der Waals surface area contributed by atoms with Crippen molar-refractivity contribution in [3.8, 4) is 0 Å². The minimum absolute atomic E-state index is 0.185. The van der Waals surface area contributed by atoms with Crippen molar-refractivity contribution in [2.45, 2.75) is 32.4 Å². The Kier molecular flexibility index (Phi) is 5.80. The van der Waals surface area contributed by atoms with Gasteiger partial charge in [0.05, 0.1) is 5.02 Å². The zero-order valence-electron chi connectivity index (χ0n) is 11.6. The number of hydrogen-bond donors (Lipinski definition) is 1. The molecular formula is C14H18ClIN4. The number of nitrogens with zero attached hydrogens (tertiary/aromatic N) is 3. The topological polar surface area (TPSA) is 42.7 Å². The fourth-order valence-electron chi connectivity index (χ4n) is 2.14. The first-order valence-electron chi connectivity index (χ1n) is 6.64. The Labute approximate surface area is 138 Å². The second-order valence-electron chi connectivity index (χ2n) is 4.62. The molecule has 20 heavy (non-hydrogen) atoms. The quantitative estimate of drug-likeness (QED) is 0.750. The molecule has 0 radical (unpaired) electrons. The number of benzene rings is 1. The Morgan fingerprint density at radius 3 is 2.90 bits per heavy atom. The third-order valence-corrected chi connectivity index (χ3v) is 4.78. The fourth-order valence-corrected chi connectivity index (χ4v) is 2.67. The van der Waals surface area contributed by atoms with Gasteiger partial charge in [-0.05, 0) is 53.8 Å². The molecule has 1 aromatic heterocycles. The van der Waals surface area contributed by atoms with Gasteiger partial charge in [-0.15, -0.1) is 0 Å². The molecule has 0 aliphatic rings. The minimum atomic E-state index is 0.185. The summed E-state index contributed by atoms with van der Waals surface area (Å²) in [5, 5.41) is 8.39. The van der Waals surface area contributed by atoms with Gasteiger partial charge in [0.1, 0.15) is 12.2 Å². The van der Waals surface area contributed by atoms with Gasteiger partial charge in [-0.3, -0.25) is 4.68 Å². The second-order valence-corrected chi connectivity index (χ2v) is 6.19. The van der Waals surface area contributed by atoms with Gasteiger partial charge in [-0.25, -0.2) is 4.98 Å². The number of hydrogen-bond acceptors (Lipinski definition) is 3. The van der Waals surface area contributed by atoms with Crippen molar-refractivity contribution in [1.82, 2.24) is 20.1 Å². The molecule has 0 bridgehead atoms. The van der Waals surface area contributed by atoms with Gasteiger partial charge in [-0.2, -0.15) is 5.10 Å². The largest absolute Gasteiger partial charge is 0.313 e. The van der Waals surface area contributed by atoms with Gasteiger partial charge in [0.25, 0.3) is 0 Å². The van der Waals surface area contributed by atoms with E-state index in [4.69, 9.17) is 11.6 Å². The van der Waals surface area contributed by atoms with E-state index in [9.17, 15) is 0 Å². The maximum absolute atomic E-state index is 6.21. The molecule has 2 rings (SSSR count). The summed E-state index contributed by atoms with van der Waals surface area (Å²) in [6.07, 6.45) is 3.47. The Bertz CT molecular complexity index is 570. The van der Waals surface area contributed by atoms with Crippen LogP contribution in [0.3, 0.4) is 0 Å². The highest BCUT2D eigenvalue weighted by Crippen LogP contribution is 2.24. The average molecular weight is 405 g/mol. The Morgan fingerprint density at radius 1 is 1.45 bits per heavy atom. The van der Waals surface area contributed by atoms with Gasteiger partial charge in [0, 0.05) is 22.6 Å². The molecule has 4 nitrogen and oxygen atoms in total. The normalized spacial score (nSPS) is 12.6. The van der Waals surface area contributed by atoms with Crippen LogP contribution in [-0.4, -0.2) is 21.8 Å². The van der Waals surface area contributed by atoms with Gasteiger partial charge >= 0.3 is 0 Å². The third kappa shape index (κ3) is 3.71. The van der Waals surface area contributed by atoms with Gasteiger partial charge in [-0.1, -0.05) is 24.6 Å². The van der Waals surface area contributed by atoms with Crippen molar-refractivity contribution in [2.75, 3.05) is 7.05 Å². The lowest BCUT2D eigenvalue weighted by Gasteiger charge is -2.17. The van der Waals surface area contributed by atoms with Crippen LogP contribution >= 0.6 is 34.2 Å². The second kappa shape index (κ2) is 7.38. The summed E-state index contributed by atoms with van der Waals surface area (Å²) >= 11 is 8.45. The minimum Gasteiger partial charge on any atom is -0.313 e. The number of nitrogens with one attached hydrogen (secondary N) is 1. The lowest BCUT2D eigenvalue weighted by molar-refractivity contribution is 0.517. The summed E-state index contributed by atoms with van der Waals surface area (Å²) in [7, 11) is 1.96. The molecule has 1 unspecified atom stereocenters. The standard InChI is InChI=1S/C14H18ClIN4/c1-3-6-20-14(18-9-19-20)8-13(17-2)10-4-5-12(16)11(15)7-10/h4-5,7,9,13,17H,3,6,8H2,1-2H3. The molecule has 0 spiro atoms. The average Bonchev–Trinajstić information content (AvgIpc) is 2.87. The predicted octanol–water partition coefficient (Wildman–Crippen LogP) is 3.45. The zero-order chi connectivity index (χ0) is 14.5. The summed E-state index contributed by atoms with van der Waals surface area (Å²) < 4.78 is 3.04. The van der Waals surface area contributed by atoms with E-state index in [0.717, 1.165) is 33.8 Å². The van der Waals surface area contributed by atoms with Crippen LogP contribution in [0.25, 0.3) is 0 Å². The summed E-state index contributed by atoms with van der Waals surface area (Å²) in [5.74, 6) is 1.00. The molecule has 1 N–H and O–H groups in total. The van der Waals surface area contributed by atoms with Crippen LogP contribution in [0.4, 0.5) is 0 Å². The highest BCUT2D eigenvalue weighted by molar-refractivity contribution is 14.1. The van der Waals surface area contributed by atoms with E-state index >= 15 is 0 Å². The van der Waals surface area contributed by atoms with Crippen LogP contribution in [0.5, 0.6) is 0 Å². The first-order valence-corrected chi connectivity index (χ1v) is 8.10. The van der Waals surface area contributed by atoms with E-state index < -0.39 is 0 Å². The van der Waals surface area contributed by atoms with Crippen LogP contribution in [-0.2, 0) is 13.0 Å². The van der Waals surface area contributed by atoms with Gasteiger partial charge in [0.15, 0.2) is 0 Å². The molecule has 0 aliphatic carbocycles. The maximum Gasteiger partial charge on any atom is 0.138 e. The van der Waals surface area contributed by atoms with Crippen molar-refractivity contribution in [3.63, 3.8) is 0 Å². The van der Waals surface area contributed by atoms with Gasteiger partial charge < -0.3 is 5.32 Å². The molecular weight excluding hydrogens is 387 g/mol. The van der Waals surface area contributed by atoms with Crippen LogP contribution < -0.4 is 5.32 Å². The van der Waals surface area contributed by atoms with Gasteiger partial charge in [0.2, 0.25) is 0 Å². The lowest BCUT2D eigenvalue weighted by Crippen LogP contribution is -2.21. The van der Waals surface area contributed by atoms with E-state index in [0.29, 0.717) is 0 Å². The number of halogens is 2.